The lowest BCUT2D eigenvalue weighted by molar-refractivity contribution is 0.0659. The summed E-state index contributed by atoms with van der Waals surface area (Å²) < 4.78 is 0. The van der Waals surface area contributed by atoms with Crippen LogP contribution in [0.25, 0.3) is 0 Å². The third-order valence-corrected chi connectivity index (χ3v) is 5.74. The molecule has 3 heteroatoms. The number of hydrogen-bond donors (Lipinski definition) is 0. The van der Waals surface area contributed by atoms with E-state index in [4.69, 9.17) is 4.98 Å². The van der Waals surface area contributed by atoms with Gasteiger partial charge < -0.3 is 4.90 Å². The van der Waals surface area contributed by atoms with Gasteiger partial charge in [0.25, 0.3) is 5.91 Å². The summed E-state index contributed by atoms with van der Waals surface area (Å²) >= 11 is 0. The van der Waals surface area contributed by atoms with Crippen molar-refractivity contribution in [1.82, 2.24) is 9.88 Å². The van der Waals surface area contributed by atoms with Crippen molar-refractivity contribution in [3.8, 4) is 0 Å². The topological polar surface area (TPSA) is 33.2 Å². The van der Waals surface area contributed by atoms with Crippen LogP contribution in [0.1, 0.15) is 70.5 Å². The molecule has 1 aliphatic carbocycles. The Balaban J connectivity index is 1.59. The Morgan fingerprint density at radius 3 is 2.52 bits per heavy atom. The van der Waals surface area contributed by atoms with Crippen molar-refractivity contribution in [2.75, 3.05) is 0 Å². The zero-order chi connectivity index (χ0) is 17.4. The molecule has 0 spiro atoms. The Morgan fingerprint density at radius 1 is 1.08 bits per heavy atom. The fraction of sp³-hybridized carbons (Fsp3) is 0.455. The first kappa shape index (κ1) is 16.3. The molecule has 25 heavy (non-hydrogen) atoms. The lowest BCUT2D eigenvalue weighted by Gasteiger charge is -2.30. The molecule has 0 atom stereocenters. The second kappa shape index (κ2) is 6.62. The van der Waals surface area contributed by atoms with Gasteiger partial charge in [-0.05, 0) is 50.3 Å². The maximum Gasteiger partial charge on any atom is 0.256 e. The van der Waals surface area contributed by atoms with Gasteiger partial charge in [-0.1, -0.05) is 49.1 Å². The van der Waals surface area contributed by atoms with Crippen LogP contribution in [-0.2, 0) is 13.0 Å². The molecular formula is C22H26N2O. The van der Waals surface area contributed by atoms with Gasteiger partial charge in [0.2, 0.25) is 0 Å². The largest absolute Gasteiger partial charge is 0.330 e. The molecular weight excluding hydrogens is 308 g/mol. The summed E-state index contributed by atoms with van der Waals surface area (Å²) in [6.07, 6.45) is 6.93. The predicted molar refractivity (Wildman–Crippen MR) is 99.7 cm³/mol. The van der Waals surface area contributed by atoms with E-state index in [1.54, 1.807) is 0 Å². The molecule has 4 rings (SSSR count). The Bertz CT molecular complexity index is 788. The summed E-state index contributed by atoms with van der Waals surface area (Å²) in [4.78, 5) is 19.8. The van der Waals surface area contributed by atoms with Crippen molar-refractivity contribution in [3.63, 3.8) is 0 Å². The second-order valence-corrected chi connectivity index (χ2v) is 7.61. The first-order valence-electron chi connectivity index (χ1n) is 9.48. The Labute approximate surface area is 150 Å². The summed E-state index contributed by atoms with van der Waals surface area (Å²) in [6.45, 7) is 4.87. The van der Waals surface area contributed by atoms with E-state index >= 15 is 0 Å². The van der Waals surface area contributed by atoms with E-state index in [0.717, 1.165) is 36.2 Å². The molecule has 1 amide bonds. The molecule has 0 unspecified atom stereocenters. The zero-order valence-corrected chi connectivity index (χ0v) is 15.2. The molecule has 1 aliphatic heterocycles. The molecule has 1 aromatic carbocycles. The molecule has 1 fully saturated rings. The number of carbonyl (C=O) groups excluding carboxylic acids is 1. The normalized spacial score (nSPS) is 17.8. The maximum absolute atomic E-state index is 12.9. The molecule has 0 N–H and O–H groups in total. The van der Waals surface area contributed by atoms with Gasteiger partial charge in [-0.3, -0.25) is 9.78 Å². The van der Waals surface area contributed by atoms with Crippen molar-refractivity contribution < 1.29 is 4.79 Å². The van der Waals surface area contributed by atoms with Gasteiger partial charge in [-0.15, -0.1) is 0 Å². The third-order valence-electron chi connectivity index (χ3n) is 5.74. The molecule has 130 valence electrons. The van der Waals surface area contributed by atoms with E-state index in [2.05, 4.69) is 49.1 Å². The standard InChI is InChI=1S/C22H26N2O/c1-15-8-10-17(11-9-15)12-18-13-20-21(23-16(18)2)14-24(22(20)25)19-6-4-3-5-7-19/h8-11,13,19H,3-7,12,14H2,1-2H3. The van der Waals surface area contributed by atoms with E-state index in [1.165, 1.54) is 36.0 Å². The summed E-state index contributed by atoms with van der Waals surface area (Å²) in [7, 11) is 0. The molecule has 2 aliphatic rings. The number of carbonyl (C=O) groups is 1. The highest BCUT2D eigenvalue weighted by molar-refractivity contribution is 5.98. The van der Waals surface area contributed by atoms with Gasteiger partial charge in [0.05, 0.1) is 17.8 Å². The fourth-order valence-electron chi connectivity index (χ4n) is 4.18. The van der Waals surface area contributed by atoms with Crippen LogP contribution >= 0.6 is 0 Å². The Morgan fingerprint density at radius 2 is 1.80 bits per heavy atom. The minimum absolute atomic E-state index is 0.194. The third kappa shape index (κ3) is 3.20. The molecule has 1 aromatic heterocycles. The van der Waals surface area contributed by atoms with E-state index < -0.39 is 0 Å². The summed E-state index contributed by atoms with van der Waals surface area (Å²) in [6, 6.07) is 11.1. The van der Waals surface area contributed by atoms with Crippen LogP contribution in [0.3, 0.4) is 0 Å². The van der Waals surface area contributed by atoms with E-state index in [9.17, 15) is 4.79 Å². The van der Waals surface area contributed by atoms with E-state index in [0.29, 0.717) is 12.6 Å². The SMILES string of the molecule is Cc1ccc(Cc2cc3c(nc2C)CN(C2CCCCC2)C3=O)cc1. The highest BCUT2D eigenvalue weighted by atomic mass is 16.2. The van der Waals surface area contributed by atoms with E-state index in [1.807, 2.05) is 0 Å². The van der Waals surface area contributed by atoms with Crippen LogP contribution in [-0.4, -0.2) is 21.8 Å². The molecule has 0 radical (unpaired) electrons. The van der Waals surface area contributed by atoms with Gasteiger partial charge in [0.15, 0.2) is 0 Å². The van der Waals surface area contributed by atoms with Crippen LogP contribution < -0.4 is 0 Å². The van der Waals surface area contributed by atoms with E-state index in [-0.39, 0.29) is 5.91 Å². The first-order valence-corrected chi connectivity index (χ1v) is 9.48. The summed E-state index contributed by atoms with van der Waals surface area (Å²) in [5.41, 5.74) is 6.56. The summed E-state index contributed by atoms with van der Waals surface area (Å²) in [5.74, 6) is 0.194. The number of amides is 1. The number of nitrogens with zero attached hydrogens (tertiary/aromatic N) is 2. The lowest BCUT2D eigenvalue weighted by Crippen LogP contribution is -2.36. The molecule has 0 bridgehead atoms. The number of fused-ring (bicyclic) bond motifs is 1. The number of hydrogen-bond acceptors (Lipinski definition) is 2. The van der Waals surface area contributed by atoms with Crippen LogP contribution in [0.4, 0.5) is 0 Å². The predicted octanol–water partition coefficient (Wildman–Crippen LogP) is 4.58. The van der Waals surface area contributed by atoms with Gasteiger partial charge >= 0.3 is 0 Å². The van der Waals surface area contributed by atoms with Gasteiger partial charge in [0, 0.05) is 11.7 Å². The molecule has 2 aromatic rings. The Hall–Kier alpha value is -2.16. The number of aromatic nitrogens is 1. The zero-order valence-electron chi connectivity index (χ0n) is 15.2. The van der Waals surface area contributed by atoms with Crippen molar-refractivity contribution >= 4 is 5.91 Å². The monoisotopic (exact) mass is 334 g/mol. The van der Waals surface area contributed by atoms with Gasteiger partial charge in [-0.2, -0.15) is 0 Å². The average Bonchev–Trinajstić information content (AvgIpc) is 2.94. The van der Waals surface area contributed by atoms with Crippen molar-refractivity contribution in [2.24, 2.45) is 0 Å². The van der Waals surface area contributed by atoms with Crippen LogP contribution in [0.15, 0.2) is 30.3 Å². The number of pyridine rings is 1. The molecule has 2 heterocycles. The number of benzene rings is 1. The minimum atomic E-state index is 0.194. The highest BCUT2D eigenvalue weighted by Gasteiger charge is 2.34. The lowest BCUT2D eigenvalue weighted by atomic mass is 9.94. The molecule has 1 saturated carbocycles. The fourth-order valence-corrected chi connectivity index (χ4v) is 4.18. The quantitative estimate of drug-likeness (QED) is 0.823. The van der Waals surface area contributed by atoms with Crippen molar-refractivity contribution in [2.45, 2.75) is 65.0 Å². The van der Waals surface area contributed by atoms with Crippen molar-refractivity contribution in [3.05, 3.63) is 64.0 Å². The van der Waals surface area contributed by atoms with Crippen LogP contribution in [0.5, 0.6) is 0 Å². The minimum Gasteiger partial charge on any atom is -0.330 e. The smallest absolute Gasteiger partial charge is 0.256 e. The van der Waals surface area contributed by atoms with Crippen molar-refractivity contribution in [1.29, 1.82) is 0 Å². The first-order chi connectivity index (χ1) is 12.1. The maximum atomic E-state index is 12.9. The average molecular weight is 334 g/mol. The molecule has 0 saturated heterocycles. The highest BCUT2D eigenvalue weighted by Crippen LogP contribution is 2.31. The van der Waals surface area contributed by atoms with Crippen LogP contribution in [0.2, 0.25) is 0 Å². The van der Waals surface area contributed by atoms with Crippen LogP contribution in [0, 0.1) is 13.8 Å². The number of aryl methyl sites for hydroxylation is 2. The molecule has 3 nitrogen and oxygen atoms in total. The van der Waals surface area contributed by atoms with Gasteiger partial charge in [-0.25, -0.2) is 0 Å². The Kier molecular flexibility index (Phi) is 4.32. The second-order valence-electron chi connectivity index (χ2n) is 7.61. The number of rotatable bonds is 3. The van der Waals surface area contributed by atoms with Gasteiger partial charge in [0.1, 0.15) is 0 Å². The summed E-state index contributed by atoms with van der Waals surface area (Å²) in [5, 5.41) is 0.